The van der Waals surface area contributed by atoms with E-state index in [9.17, 15) is 4.79 Å². The molecule has 1 aromatic carbocycles. The number of hydrogen-bond acceptors (Lipinski definition) is 3. The molecule has 1 heterocycles. The molecule has 0 saturated carbocycles. The molecule has 122 valence electrons. The second-order valence-corrected chi connectivity index (χ2v) is 6.06. The molecule has 23 heavy (non-hydrogen) atoms. The van der Waals surface area contributed by atoms with E-state index in [-0.39, 0.29) is 18.6 Å². The molecule has 0 saturated heterocycles. The monoisotopic (exact) mass is 312 g/mol. The van der Waals surface area contributed by atoms with Gasteiger partial charge in [0, 0.05) is 12.2 Å². The highest BCUT2D eigenvalue weighted by Gasteiger charge is 2.07. The van der Waals surface area contributed by atoms with E-state index in [0.717, 1.165) is 0 Å². The zero-order valence-corrected chi connectivity index (χ0v) is 14.2. The van der Waals surface area contributed by atoms with Crippen molar-refractivity contribution in [1.29, 1.82) is 0 Å². The molecule has 2 rings (SSSR count). The van der Waals surface area contributed by atoms with Gasteiger partial charge < -0.3 is 4.74 Å². The molecule has 0 aliphatic rings. The number of aromatic nitrogens is 1. The second-order valence-electron chi connectivity index (χ2n) is 6.06. The molecule has 4 heteroatoms. The van der Waals surface area contributed by atoms with Crippen LogP contribution < -0.4 is 10.2 Å². The molecule has 0 N–H and O–H groups in total. The minimum absolute atomic E-state index is 0.0175. The lowest BCUT2D eigenvalue weighted by Gasteiger charge is -2.10. The molecule has 0 atom stereocenters. The summed E-state index contributed by atoms with van der Waals surface area (Å²) in [6, 6.07) is 13.5. The molecule has 0 aliphatic carbocycles. The molecular weight excluding hydrogens is 288 g/mol. The Morgan fingerprint density at radius 2 is 1.78 bits per heavy atom. The molecule has 1 aromatic heterocycles. The molecule has 0 amide bonds. The van der Waals surface area contributed by atoms with Crippen molar-refractivity contribution in [3.8, 4) is 5.75 Å². The average Bonchev–Trinajstić information content (AvgIpc) is 2.53. The molecule has 0 unspecified atom stereocenters. The fourth-order valence-electron chi connectivity index (χ4n) is 2.18. The highest BCUT2D eigenvalue weighted by molar-refractivity contribution is 5.80. The van der Waals surface area contributed by atoms with E-state index < -0.39 is 0 Å². The standard InChI is InChI=1S/C19H24N2O2/c1-14(2)16-8-10-17(11-9-16)23-13-19(22)21-12-6-5-7-18(21)20-15(3)4/h5-12,14-15H,13H2,1-4H3. The third kappa shape index (κ3) is 4.81. The Morgan fingerprint density at radius 1 is 1.09 bits per heavy atom. The molecule has 0 spiro atoms. The third-order valence-electron chi connectivity index (χ3n) is 3.41. The van der Waals surface area contributed by atoms with Crippen LogP contribution in [0.5, 0.6) is 5.75 Å². The van der Waals surface area contributed by atoms with E-state index >= 15 is 0 Å². The van der Waals surface area contributed by atoms with Gasteiger partial charge >= 0.3 is 0 Å². The first-order chi connectivity index (χ1) is 11.0. The van der Waals surface area contributed by atoms with Gasteiger partial charge in [0.15, 0.2) is 6.61 Å². The number of ether oxygens (including phenoxy) is 1. The topological polar surface area (TPSA) is 43.6 Å². The number of carbonyl (C=O) groups excluding carboxylic acids is 1. The third-order valence-corrected chi connectivity index (χ3v) is 3.41. The van der Waals surface area contributed by atoms with Crippen molar-refractivity contribution in [3.63, 3.8) is 0 Å². The van der Waals surface area contributed by atoms with Crippen molar-refractivity contribution < 1.29 is 9.53 Å². The summed E-state index contributed by atoms with van der Waals surface area (Å²) in [7, 11) is 0. The maximum absolute atomic E-state index is 12.4. The number of carbonyl (C=O) groups is 1. The first-order valence-electron chi connectivity index (χ1n) is 7.95. The number of pyridine rings is 1. The van der Waals surface area contributed by atoms with E-state index in [1.807, 2.05) is 56.3 Å². The normalized spacial score (nSPS) is 12.0. The summed E-state index contributed by atoms with van der Waals surface area (Å²) in [5.41, 5.74) is 1.89. The molecule has 0 fully saturated rings. The number of nitrogens with zero attached hydrogens (tertiary/aromatic N) is 2. The molecule has 0 bridgehead atoms. The van der Waals surface area contributed by atoms with Crippen LogP contribution in [-0.2, 0) is 0 Å². The molecule has 2 aromatic rings. The van der Waals surface area contributed by atoms with Gasteiger partial charge in [0.2, 0.25) is 0 Å². The quantitative estimate of drug-likeness (QED) is 0.846. The van der Waals surface area contributed by atoms with Gasteiger partial charge in [-0.25, -0.2) is 0 Å². The van der Waals surface area contributed by atoms with Crippen molar-refractivity contribution in [3.05, 3.63) is 59.7 Å². The fourth-order valence-corrected chi connectivity index (χ4v) is 2.18. The van der Waals surface area contributed by atoms with Crippen LogP contribution in [0.1, 0.15) is 44.0 Å². The molecular formula is C19H24N2O2. The highest BCUT2D eigenvalue weighted by Crippen LogP contribution is 2.18. The van der Waals surface area contributed by atoms with Crippen LogP contribution in [0.2, 0.25) is 0 Å². The van der Waals surface area contributed by atoms with Crippen LogP contribution in [0, 0.1) is 0 Å². The number of benzene rings is 1. The highest BCUT2D eigenvalue weighted by atomic mass is 16.5. The Kier molecular flexibility index (Phi) is 5.74. The summed E-state index contributed by atoms with van der Waals surface area (Å²) in [5.74, 6) is 1.03. The van der Waals surface area contributed by atoms with Gasteiger partial charge in [0.1, 0.15) is 11.2 Å². The Bertz CT molecular complexity index is 713. The lowest BCUT2D eigenvalue weighted by atomic mass is 10.0. The Labute approximate surface area is 137 Å². The van der Waals surface area contributed by atoms with Crippen LogP contribution in [0.15, 0.2) is 53.7 Å². The average molecular weight is 312 g/mol. The van der Waals surface area contributed by atoms with Gasteiger partial charge in [-0.15, -0.1) is 0 Å². The van der Waals surface area contributed by atoms with Gasteiger partial charge in [0.25, 0.3) is 5.91 Å². The van der Waals surface area contributed by atoms with E-state index in [1.165, 1.54) is 10.1 Å². The zero-order chi connectivity index (χ0) is 16.8. The van der Waals surface area contributed by atoms with Gasteiger partial charge in [-0.1, -0.05) is 32.0 Å². The van der Waals surface area contributed by atoms with Crippen LogP contribution in [0.3, 0.4) is 0 Å². The predicted molar refractivity (Wildman–Crippen MR) is 91.8 cm³/mol. The van der Waals surface area contributed by atoms with Gasteiger partial charge in [-0.05, 0) is 49.6 Å². The summed E-state index contributed by atoms with van der Waals surface area (Å²) in [6.45, 7) is 8.23. The number of rotatable bonds is 5. The molecule has 0 aliphatic heterocycles. The maximum Gasteiger partial charge on any atom is 0.270 e. The first-order valence-corrected chi connectivity index (χ1v) is 7.95. The summed E-state index contributed by atoms with van der Waals surface area (Å²) < 4.78 is 7.14. The van der Waals surface area contributed by atoms with Crippen LogP contribution >= 0.6 is 0 Å². The summed E-state index contributed by atoms with van der Waals surface area (Å²) in [6.07, 6.45) is 1.72. The van der Waals surface area contributed by atoms with E-state index in [2.05, 4.69) is 18.8 Å². The molecule has 0 radical (unpaired) electrons. The first kappa shape index (κ1) is 17.0. The Balaban J connectivity index is 2.08. The van der Waals surface area contributed by atoms with Crippen LogP contribution in [0.25, 0.3) is 0 Å². The SMILES string of the molecule is CC(C)N=c1ccccn1C(=O)COc1ccc(C(C)C)cc1. The van der Waals surface area contributed by atoms with E-state index in [4.69, 9.17) is 4.74 Å². The minimum Gasteiger partial charge on any atom is -0.484 e. The van der Waals surface area contributed by atoms with Crippen LogP contribution in [-0.4, -0.2) is 23.1 Å². The lowest BCUT2D eigenvalue weighted by molar-refractivity contribution is 0.0831. The van der Waals surface area contributed by atoms with Crippen molar-refractivity contribution >= 4 is 5.91 Å². The lowest BCUT2D eigenvalue weighted by Crippen LogP contribution is -2.31. The van der Waals surface area contributed by atoms with Crippen molar-refractivity contribution in [1.82, 2.24) is 4.57 Å². The Hall–Kier alpha value is -2.36. The van der Waals surface area contributed by atoms with Crippen molar-refractivity contribution in [2.75, 3.05) is 6.61 Å². The predicted octanol–water partition coefficient (Wildman–Crippen LogP) is 3.64. The zero-order valence-electron chi connectivity index (χ0n) is 14.2. The van der Waals surface area contributed by atoms with Gasteiger partial charge in [-0.3, -0.25) is 14.4 Å². The fraction of sp³-hybridized carbons (Fsp3) is 0.368. The van der Waals surface area contributed by atoms with Gasteiger partial charge in [0.05, 0.1) is 0 Å². The van der Waals surface area contributed by atoms with E-state index in [1.54, 1.807) is 6.20 Å². The number of hydrogen-bond donors (Lipinski definition) is 0. The van der Waals surface area contributed by atoms with Crippen LogP contribution in [0.4, 0.5) is 0 Å². The second kappa shape index (κ2) is 7.77. The Morgan fingerprint density at radius 3 is 2.39 bits per heavy atom. The largest absolute Gasteiger partial charge is 0.484 e. The molecule has 4 nitrogen and oxygen atoms in total. The summed E-state index contributed by atoms with van der Waals surface area (Å²) >= 11 is 0. The van der Waals surface area contributed by atoms with Crippen molar-refractivity contribution in [2.45, 2.75) is 39.7 Å². The minimum atomic E-state index is -0.141. The van der Waals surface area contributed by atoms with Crippen molar-refractivity contribution in [2.24, 2.45) is 4.99 Å². The van der Waals surface area contributed by atoms with Gasteiger partial charge in [-0.2, -0.15) is 0 Å². The summed E-state index contributed by atoms with van der Waals surface area (Å²) in [4.78, 5) is 16.8. The maximum atomic E-state index is 12.4. The summed E-state index contributed by atoms with van der Waals surface area (Å²) in [5, 5.41) is 0. The van der Waals surface area contributed by atoms with E-state index in [0.29, 0.717) is 17.2 Å². The smallest absolute Gasteiger partial charge is 0.270 e.